The van der Waals surface area contributed by atoms with Crippen LogP contribution in [0.25, 0.3) is 0 Å². The van der Waals surface area contributed by atoms with Crippen molar-refractivity contribution in [2.45, 2.75) is 6.54 Å². The molecule has 5 heteroatoms. The summed E-state index contributed by atoms with van der Waals surface area (Å²) in [5.74, 6) is 0.0627. The average molecular weight is 257 g/mol. The fourth-order valence-corrected chi connectivity index (χ4v) is 1.61. The minimum absolute atomic E-state index is 0.0627. The highest BCUT2D eigenvalue weighted by molar-refractivity contribution is 5.92. The van der Waals surface area contributed by atoms with Gasteiger partial charge in [0.15, 0.2) is 0 Å². The van der Waals surface area contributed by atoms with Crippen LogP contribution in [-0.2, 0) is 6.54 Å². The molecule has 0 fully saturated rings. The molecule has 0 bridgehead atoms. The molecule has 0 unspecified atom stereocenters. The Balaban J connectivity index is 1.91. The number of aromatic hydroxyl groups is 1. The van der Waals surface area contributed by atoms with Crippen molar-refractivity contribution >= 4 is 17.4 Å². The van der Waals surface area contributed by atoms with E-state index in [9.17, 15) is 9.90 Å². The van der Waals surface area contributed by atoms with Gasteiger partial charge in [0, 0.05) is 12.6 Å². The average Bonchev–Trinajstić information content (AvgIpc) is 2.41. The summed E-state index contributed by atoms with van der Waals surface area (Å²) in [4.78, 5) is 11.7. The van der Waals surface area contributed by atoms with Crippen molar-refractivity contribution in [3.05, 3.63) is 54.1 Å². The number of nitrogen functional groups attached to an aromatic ring is 1. The number of benzene rings is 2. The molecule has 0 atom stereocenters. The quantitative estimate of drug-likeness (QED) is 0.502. The van der Waals surface area contributed by atoms with Crippen molar-refractivity contribution in [1.29, 1.82) is 0 Å². The summed E-state index contributed by atoms with van der Waals surface area (Å²) in [6, 6.07) is 13.6. The van der Waals surface area contributed by atoms with E-state index >= 15 is 0 Å². The number of amides is 2. The van der Waals surface area contributed by atoms with Crippen LogP contribution in [0.3, 0.4) is 0 Å². The summed E-state index contributed by atoms with van der Waals surface area (Å²) in [5.41, 5.74) is 7.46. The van der Waals surface area contributed by atoms with E-state index in [0.717, 1.165) is 5.56 Å². The maximum Gasteiger partial charge on any atom is 0.319 e. The summed E-state index contributed by atoms with van der Waals surface area (Å²) in [7, 11) is 0. The van der Waals surface area contributed by atoms with Crippen molar-refractivity contribution in [2.24, 2.45) is 0 Å². The number of rotatable bonds is 3. The fraction of sp³-hybridized carbons (Fsp3) is 0.0714. The molecule has 2 aromatic carbocycles. The Kier molecular flexibility index (Phi) is 3.87. The molecule has 5 nitrogen and oxygen atoms in total. The van der Waals surface area contributed by atoms with Crippen LogP contribution in [0.15, 0.2) is 48.5 Å². The molecule has 0 heterocycles. The van der Waals surface area contributed by atoms with E-state index in [0.29, 0.717) is 17.9 Å². The van der Waals surface area contributed by atoms with Crippen molar-refractivity contribution in [1.82, 2.24) is 5.32 Å². The molecule has 0 spiro atoms. The highest BCUT2D eigenvalue weighted by atomic mass is 16.3. The molecule has 0 saturated carbocycles. The number of carbonyl (C=O) groups excluding carboxylic acids is 1. The Morgan fingerprint density at radius 2 is 1.89 bits per heavy atom. The third-order valence-corrected chi connectivity index (χ3v) is 2.58. The fourth-order valence-electron chi connectivity index (χ4n) is 1.61. The lowest BCUT2D eigenvalue weighted by Crippen LogP contribution is -2.28. The largest absolute Gasteiger partial charge is 0.508 e. The van der Waals surface area contributed by atoms with E-state index < -0.39 is 0 Å². The number of carbonyl (C=O) groups is 1. The first-order valence-electron chi connectivity index (χ1n) is 5.82. The van der Waals surface area contributed by atoms with Crippen molar-refractivity contribution < 1.29 is 9.90 Å². The monoisotopic (exact) mass is 257 g/mol. The Labute approximate surface area is 111 Å². The van der Waals surface area contributed by atoms with Crippen LogP contribution in [0, 0.1) is 0 Å². The minimum atomic E-state index is -0.346. The molecule has 2 aromatic rings. The van der Waals surface area contributed by atoms with Crippen molar-refractivity contribution in [3.63, 3.8) is 0 Å². The lowest BCUT2D eigenvalue weighted by atomic mass is 10.2. The molecule has 19 heavy (non-hydrogen) atoms. The summed E-state index contributed by atoms with van der Waals surface area (Å²) in [5, 5.41) is 14.6. The van der Waals surface area contributed by atoms with Gasteiger partial charge in [-0.2, -0.15) is 0 Å². The molecule has 2 rings (SSSR count). The minimum Gasteiger partial charge on any atom is -0.508 e. The molecule has 5 N–H and O–H groups in total. The molecule has 0 saturated heterocycles. The van der Waals surface area contributed by atoms with E-state index in [-0.39, 0.29) is 11.8 Å². The van der Waals surface area contributed by atoms with Gasteiger partial charge >= 0.3 is 6.03 Å². The number of phenols is 1. The Morgan fingerprint density at radius 1 is 1.16 bits per heavy atom. The number of urea groups is 1. The Hall–Kier alpha value is -2.69. The summed E-state index contributed by atoms with van der Waals surface area (Å²) in [6.45, 7) is 0.435. The van der Waals surface area contributed by atoms with Crippen LogP contribution in [0.1, 0.15) is 5.56 Å². The zero-order valence-electron chi connectivity index (χ0n) is 10.3. The van der Waals surface area contributed by atoms with Gasteiger partial charge in [0.25, 0.3) is 0 Å². The maximum atomic E-state index is 11.7. The predicted octanol–water partition coefficient (Wildman–Crippen LogP) is 2.30. The first-order valence-corrected chi connectivity index (χ1v) is 5.82. The number of hydrogen-bond acceptors (Lipinski definition) is 3. The molecule has 0 aromatic heterocycles. The molecular formula is C14H15N3O2. The summed E-state index contributed by atoms with van der Waals surface area (Å²) < 4.78 is 0. The first kappa shape index (κ1) is 12.8. The van der Waals surface area contributed by atoms with Crippen LogP contribution >= 0.6 is 0 Å². The summed E-state index contributed by atoms with van der Waals surface area (Å²) >= 11 is 0. The smallest absolute Gasteiger partial charge is 0.319 e. The van der Waals surface area contributed by atoms with Crippen LogP contribution < -0.4 is 16.4 Å². The van der Waals surface area contributed by atoms with E-state index in [2.05, 4.69) is 10.6 Å². The normalized spacial score (nSPS) is 9.89. The Morgan fingerprint density at radius 3 is 2.58 bits per heavy atom. The highest BCUT2D eigenvalue weighted by Gasteiger charge is 2.05. The second kappa shape index (κ2) is 5.77. The number of nitrogens with two attached hydrogens (primary N) is 1. The highest BCUT2D eigenvalue weighted by Crippen LogP contribution is 2.22. The standard InChI is InChI=1S/C14H15N3O2/c15-12-8-11(18)6-7-13(12)17-14(19)16-9-10-4-2-1-3-5-10/h1-8,18H,9,15H2,(H2,16,17,19). The number of nitrogens with one attached hydrogen (secondary N) is 2. The Bertz CT molecular complexity index is 570. The van der Waals surface area contributed by atoms with Gasteiger partial charge in [-0.3, -0.25) is 0 Å². The van der Waals surface area contributed by atoms with Crippen LogP contribution in [-0.4, -0.2) is 11.1 Å². The molecule has 0 aliphatic rings. The zero-order valence-corrected chi connectivity index (χ0v) is 10.3. The maximum absolute atomic E-state index is 11.7. The third-order valence-electron chi connectivity index (χ3n) is 2.58. The van der Waals surface area contributed by atoms with Gasteiger partial charge in [0.05, 0.1) is 11.4 Å². The molecular weight excluding hydrogens is 242 g/mol. The predicted molar refractivity (Wildman–Crippen MR) is 74.8 cm³/mol. The van der Waals surface area contributed by atoms with Crippen LogP contribution in [0.4, 0.5) is 16.2 Å². The van der Waals surface area contributed by atoms with Crippen LogP contribution in [0.5, 0.6) is 5.75 Å². The van der Waals surface area contributed by atoms with Gasteiger partial charge in [-0.1, -0.05) is 30.3 Å². The van der Waals surface area contributed by atoms with Crippen molar-refractivity contribution in [2.75, 3.05) is 11.1 Å². The second-order valence-corrected chi connectivity index (χ2v) is 4.06. The van der Waals surface area contributed by atoms with Crippen molar-refractivity contribution in [3.8, 4) is 5.75 Å². The molecule has 0 radical (unpaired) electrons. The number of hydrogen-bond donors (Lipinski definition) is 4. The molecule has 0 aliphatic heterocycles. The SMILES string of the molecule is Nc1cc(O)ccc1NC(=O)NCc1ccccc1. The topological polar surface area (TPSA) is 87.4 Å². The van der Waals surface area contributed by atoms with Gasteiger partial charge in [-0.15, -0.1) is 0 Å². The van der Waals surface area contributed by atoms with Gasteiger partial charge < -0.3 is 21.5 Å². The second-order valence-electron chi connectivity index (χ2n) is 4.06. The van der Waals surface area contributed by atoms with Gasteiger partial charge in [-0.05, 0) is 17.7 Å². The van der Waals surface area contributed by atoms with Crippen LogP contribution in [0.2, 0.25) is 0 Å². The van der Waals surface area contributed by atoms with Gasteiger partial charge in [0.2, 0.25) is 0 Å². The lowest BCUT2D eigenvalue weighted by Gasteiger charge is -2.10. The van der Waals surface area contributed by atoms with E-state index in [4.69, 9.17) is 5.73 Å². The van der Waals surface area contributed by atoms with Gasteiger partial charge in [-0.25, -0.2) is 4.79 Å². The summed E-state index contributed by atoms with van der Waals surface area (Å²) in [6.07, 6.45) is 0. The van der Waals surface area contributed by atoms with Gasteiger partial charge in [0.1, 0.15) is 5.75 Å². The van der Waals surface area contributed by atoms with E-state index in [1.54, 1.807) is 6.07 Å². The van der Waals surface area contributed by atoms with E-state index in [1.165, 1.54) is 12.1 Å². The first-order chi connectivity index (χ1) is 9.15. The lowest BCUT2D eigenvalue weighted by molar-refractivity contribution is 0.251. The van der Waals surface area contributed by atoms with E-state index in [1.807, 2.05) is 30.3 Å². The third kappa shape index (κ3) is 3.64. The molecule has 0 aliphatic carbocycles. The zero-order chi connectivity index (χ0) is 13.7. The number of anilines is 2. The molecule has 2 amide bonds. The molecule has 98 valence electrons. The number of phenolic OH excluding ortho intramolecular Hbond substituents is 1.